The van der Waals surface area contributed by atoms with Crippen LogP contribution < -0.4 is 5.32 Å². The van der Waals surface area contributed by atoms with Gasteiger partial charge in [-0.2, -0.15) is 4.98 Å². The fourth-order valence-corrected chi connectivity index (χ4v) is 3.48. The highest BCUT2D eigenvalue weighted by molar-refractivity contribution is 6.04. The Bertz CT molecular complexity index is 1220. The highest BCUT2D eigenvalue weighted by atomic mass is 16.5. The van der Waals surface area contributed by atoms with Gasteiger partial charge in [0.1, 0.15) is 11.3 Å². The number of nitrogens with one attached hydrogen (secondary N) is 1. The monoisotopic (exact) mass is 404 g/mol. The summed E-state index contributed by atoms with van der Waals surface area (Å²) in [6.07, 6.45) is 3.09. The first-order valence-corrected chi connectivity index (χ1v) is 9.64. The lowest BCUT2D eigenvalue weighted by atomic mass is 10.1. The van der Waals surface area contributed by atoms with E-state index >= 15 is 0 Å². The predicted molar refractivity (Wildman–Crippen MR) is 109 cm³/mol. The van der Waals surface area contributed by atoms with Gasteiger partial charge < -0.3 is 14.9 Å². The lowest BCUT2D eigenvalue weighted by Crippen LogP contribution is -2.49. The molecule has 1 amide bonds. The normalized spacial score (nSPS) is 14.7. The number of pyridine rings is 1. The van der Waals surface area contributed by atoms with Gasteiger partial charge in [0.2, 0.25) is 11.7 Å². The highest BCUT2D eigenvalue weighted by Gasteiger charge is 2.26. The van der Waals surface area contributed by atoms with E-state index in [9.17, 15) is 9.90 Å². The molecule has 1 saturated heterocycles. The van der Waals surface area contributed by atoms with Crippen molar-refractivity contribution in [2.75, 3.05) is 18.4 Å². The number of amides is 1. The smallest absolute Gasteiger partial charge is 0.274 e. The molecule has 1 aliphatic rings. The molecule has 0 unspecified atom stereocenters. The van der Waals surface area contributed by atoms with Crippen LogP contribution in [0.2, 0.25) is 0 Å². The van der Waals surface area contributed by atoms with E-state index in [2.05, 4.69) is 20.4 Å². The summed E-state index contributed by atoms with van der Waals surface area (Å²) in [5.41, 5.74) is 3.49. The van der Waals surface area contributed by atoms with Crippen molar-refractivity contribution in [3.63, 3.8) is 0 Å². The van der Waals surface area contributed by atoms with E-state index in [1.165, 1.54) is 0 Å². The number of β-amino-alcohol motifs (C(OH)–C–C–N with tert-alkyl or cyclic N) is 1. The molecule has 2 N–H and O–H groups in total. The fraction of sp³-hybridized carbons (Fsp3) is 0.238. The zero-order chi connectivity index (χ0) is 20.7. The number of fused-ring (bicyclic) bond motifs is 1. The Morgan fingerprint density at radius 1 is 1.30 bits per heavy atom. The SMILES string of the molecule is Cc1ccc(-c2noc(CN3CC(O)C3)n2)cc1NC(=O)c1cnc2ccccn12. The quantitative estimate of drug-likeness (QED) is 0.524. The number of carbonyl (C=O) groups is 1. The number of hydrogen-bond acceptors (Lipinski definition) is 7. The molecule has 4 heterocycles. The number of imidazole rings is 1. The molecule has 9 nitrogen and oxygen atoms in total. The van der Waals surface area contributed by atoms with E-state index in [1.807, 2.05) is 48.2 Å². The van der Waals surface area contributed by atoms with E-state index in [0.717, 1.165) is 11.1 Å². The van der Waals surface area contributed by atoms with Crippen molar-refractivity contribution >= 4 is 17.2 Å². The molecule has 0 atom stereocenters. The number of carbonyl (C=O) groups excluding carboxylic acids is 1. The van der Waals surface area contributed by atoms with Gasteiger partial charge in [-0.15, -0.1) is 0 Å². The third kappa shape index (κ3) is 3.44. The molecule has 0 aliphatic carbocycles. The lowest BCUT2D eigenvalue weighted by molar-refractivity contribution is -0.00806. The summed E-state index contributed by atoms with van der Waals surface area (Å²) >= 11 is 0. The number of hydrogen-bond donors (Lipinski definition) is 2. The second kappa shape index (κ2) is 7.36. The summed E-state index contributed by atoms with van der Waals surface area (Å²) in [6, 6.07) is 11.2. The predicted octanol–water partition coefficient (Wildman–Crippen LogP) is 2.12. The number of benzene rings is 1. The maximum Gasteiger partial charge on any atom is 0.274 e. The molecular weight excluding hydrogens is 384 g/mol. The fourth-order valence-electron chi connectivity index (χ4n) is 3.48. The van der Waals surface area contributed by atoms with Crippen molar-refractivity contribution in [2.24, 2.45) is 0 Å². The summed E-state index contributed by atoms with van der Waals surface area (Å²) in [5, 5.41) is 16.4. The maximum atomic E-state index is 12.8. The Balaban J connectivity index is 1.36. The second-order valence-electron chi connectivity index (χ2n) is 7.42. The standard InChI is InChI=1S/C21H20N6O3/c1-13-5-6-14(20-24-19(30-25-20)12-26-10-15(28)11-26)8-16(13)23-21(29)17-9-22-18-4-2-3-7-27(17)18/h2-9,15,28H,10-12H2,1H3,(H,23,29). The van der Waals surface area contributed by atoms with Gasteiger partial charge in [-0.25, -0.2) is 4.98 Å². The molecule has 5 rings (SSSR count). The third-order valence-electron chi connectivity index (χ3n) is 5.16. The van der Waals surface area contributed by atoms with Crippen molar-refractivity contribution in [1.29, 1.82) is 0 Å². The van der Waals surface area contributed by atoms with Crippen LogP contribution in [0.3, 0.4) is 0 Å². The van der Waals surface area contributed by atoms with E-state index in [4.69, 9.17) is 4.52 Å². The molecule has 152 valence electrons. The summed E-state index contributed by atoms with van der Waals surface area (Å²) in [6.45, 7) is 3.65. The molecule has 1 fully saturated rings. The molecule has 0 radical (unpaired) electrons. The van der Waals surface area contributed by atoms with Crippen LogP contribution in [-0.2, 0) is 6.54 Å². The van der Waals surface area contributed by atoms with Crippen LogP contribution in [-0.4, -0.2) is 54.6 Å². The van der Waals surface area contributed by atoms with Crippen LogP contribution in [0, 0.1) is 6.92 Å². The molecule has 3 aromatic heterocycles. The number of nitrogens with zero attached hydrogens (tertiary/aromatic N) is 5. The van der Waals surface area contributed by atoms with Gasteiger partial charge in [-0.05, 0) is 30.7 Å². The lowest BCUT2D eigenvalue weighted by Gasteiger charge is -2.34. The number of likely N-dealkylation sites (tertiary alicyclic amines) is 1. The van der Waals surface area contributed by atoms with Gasteiger partial charge in [0, 0.05) is 30.5 Å². The van der Waals surface area contributed by atoms with E-state index in [1.54, 1.807) is 16.8 Å². The minimum atomic E-state index is -0.274. The van der Waals surface area contributed by atoms with Crippen LogP contribution >= 0.6 is 0 Å². The average molecular weight is 404 g/mol. The Kier molecular flexibility index (Phi) is 4.53. The molecule has 0 bridgehead atoms. The highest BCUT2D eigenvalue weighted by Crippen LogP contribution is 2.25. The number of anilines is 1. The number of aryl methyl sites for hydroxylation is 1. The summed E-state index contributed by atoms with van der Waals surface area (Å²) in [4.78, 5) is 23.6. The molecule has 9 heteroatoms. The first kappa shape index (κ1) is 18.5. The number of rotatable bonds is 5. The molecule has 0 saturated carbocycles. The van der Waals surface area contributed by atoms with Crippen LogP contribution in [0.25, 0.3) is 17.0 Å². The first-order chi connectivity index (χ1) is 14.6. The minimum absolute atomic E-state index is 0.251. The minimum Gasteiger partial charge on any atom is -0.390 e. The van der Waals surface area contributed by atoms with Crippen LogP contribution in [0.1, 0.15) is 21.9 Å². The van der Waals surface area contributed by atoms with Gasteiger partial charge in [0.05, 0.1) is 18.8 Å². The molecular formula is C21H20N6O3. The number of aliphatic hydroxyl groups is 1. The van der Waals surface area contributed by atoms with E-state index in [0.29, 0.717) is 48.4 Å². The van der Waals surface area contributed by atoms with Crippen molar-refractivity contribution < 1.29 is 14.4 Å². The van der Waals surface area contributed by atoms with Crippen molar-refractivity contribution in [2.45, 2.75) is 19.6 Å². The third-order valence-corrected chi connectivity index (χ3v) is 5.16. The van der Waals surface area contributed by atoms with Crippen molar-refractivity contribution in [1.82, 2.24) is 24.4 Å². The van der Waals surface area contributed by atoms with Crippen LogP contribution in [0.15, 0.2) is 53.3 Å². The zero-order valence-corrected chi connectivity index (χ0v) is 16.3. The Hall–Kier alpha value is -3.56. The Morgan fingerprint density at radius 2 is 2.17 bits per heavy atom. The van der Waals surface area contributed by atoms with Crippen molar-refractivity contribution in [3.8, 4) is 11.4 Å². The number of aliphatic hydroxyl groups excluding tert-OH is 1. The zero-order valence-electron chi connectivity index (χ0n) is 16.3. The molecule has 0 spiro atoms. The van der Waals surface area contributed by atoms with E-state index in [-0.39, 0.29) is 12.0 Å². The number of aromatic nitrogens is 4. The van der Waals surface area contributed by atoms with Gasteiger partial charge in [0.15, 0.2) is 0 Å². The van der Waals surface area contributed by atoms with Gasteiger partial charge in [0.25, 0.3) is 5.91 Å². The summed E-state index contributed by atoms with van der Waals surface area (Å²) in [7, 11) is 0. The summed E-state index contributed by atoms with van der Waals surface area (Å²) < 4.78 is 7.08. The Labute approximate surface area is 172 Å². The van der Waals surface area contributed by atoms with Gasteiger partial charge in [-0.3, -0.25) is 14.1 Å². The van der Waals surface area contributed by atoms with Crippen molar-refractivity contribution in [3.05, 3.63) is 65.9 Å². The van der Waals surface area contributed by atoms with Crippen LogP contribution in [0.4, 0.5) is 5.69 Å². The average Bonchev–Trinajstić information content (AvgIpc) is 3.35. The molecule has 1 aliphatic heterocycles. The van der Waals surface area contributed by atoms with Crippen LogP contribution in [0.5, 0.6) is 0 Å². The maximum absolute atomic E-state index is 12.8. The largest absolute Gasteiger partial charge is 0.390 e. The Morgan fingerprint density at radius 3 is 3.00 bits per heavy atom. The topological polar surface area (TPSA) is 109 Å². The molecule has 1 aromatic carbocycles. The van der Waals surface area contributed by atoms with Gasteiger partial charge in [-0.1, -0.05) is 23.4 Å². The first-order valence-electron chi connectivity index (χ1n) is 9.64. The van der Waals surface area contributed by atoms with Gasteiger partial charge >= 0.3 is 0 Å². The molecule has 4 aromatic rings. The summed E-state index contributed by atoms with van der Waals surface area (Å²) in [5.74, 6) is 0.698. The molecule has 30 heavy (non-hydrogen) atoms. The van der Waals surface area contributed by atoms with E-state index < -0.39 is 0 Å². The second-order valence-corrected chi connectivity index (χ2v) is 7.42.